The highest BCUT2D eigenvalue weighted by Gasteiger charge is 2.30. The van der Waals surface area contributed by atoms with Crippen LogP contribution in [0.5, 0.6) is 5.75 Å². The lowest BCUT2D eigenvalue weighted by Crippen LogP contribution is -2.51. The zero-order valence-corrected chi connectivity index (χ0v) is 18.8. The Morgan fingerprint density at radius 3 is 2.22 bits per heavy atom. The Bertz CT molecular complexity index is 1010. The third-order valence-corrected chi connectivity index (χ3v) is 5.21. The van der Waals surface area contributed by atoms with E-state index in [0.717, 1.165) is 11.1 Å². The largest absolute Gasteiger partial charge is 0.484 e. The summed E-state index contributed by atoms with van der Waals surface area (Å²) >= 11 is 6.02. The van der Waals surface area contributed by atoms with Gasteiger partial charge in [-0.05, 0) is 36.2 Å². The van der Waals surface area contributed by atoms with Gasteiger partial charge in [-0.2, -0.15) is 0 Å². The van der Waals surface area contributed by atoms with Gasteiger partial charge in [0.05, 0.1) is 0 Å². The molecule has 0 aromatic heterocycles. The monoisotopic (exact) mass is 450 g/mol. The Morgan fingerprint density at radius 2 is 1.59 bits per heavy atom. The molecule has 0 saturated carbocycles. The number of benzene rings is 3. The van der Waals surface area contributed by atoms with Crippen molar-refractivity contribution >= 4 is 23.4 Å². The van der Waals surface area contributed by atoms with Crippen LogP contribution in [0, 0.1) is 0 Å². The zero-order chi connectivity index (χ0) is 22.8. The number of carbonyl (C=O) groups excluding carboxylic acids is 2. The summed E-state index contributed by atoms with van der Waals surface area (Å²) in [5.74, 6) is 0.0348. The van der Waals surface area contributed by atoms with Crippen molar-refractivity contribution in [1.82, 2.24) is 10.2 Å². The molecule has 2 amide bonds. The van der Waals surface area contributed by atoms with Crippen molar-refractivity contribution in [3.63, 3.8) is 0 Å². The van der Waals surface area contributed by atoms with E-state index in [-0.39, 0.29) is 18.4 Å². The predicted octanol–water partition coefficient (Wildman–Crippen LogP) is 4.50. The molecule has 3 aromatic carbocycles. The Balaban J connectivity index is 1.86. The standard InChI is InChI=1S/C26H27ClN2O3/c1-2-28-26(31)24(16-20-10-5-3-6-11-20)29(18-21-12-7-4-8-13-21)25(30)19-32-23-15-9-14-22(27)17-23/h3-15,17,24H,2,16,18-19H2,1H3,(H,28,31). The molecular weight excluding hydrogens is 424 g/mol. The number of nitrogens with one attached hydrogen (secondary N) is 1. The topological polar surface area (TPSA) is 58.6 Å². The Kier molecular flexibility index (Phi) is 8.70. The van der Waals surface area contributed by atoms with Crippen molar-refractivity contribution in [3.05, 3.63) is 101 Å². The van der Waals surface area contributed by atoms with Gasteiger partial charge in [0, 0.05) is 24.5 Å². The summed E-state index contributed by atoms with van der Waals surface area (Å²) in [6.07, 6.45) is 0.405. The number of amides is 2. The molecule has 0 aliphatic heterocycles. The third kappa shape index (κ3) is 6.86. The van der Waals surface area contributed by atoms with E-state index in [1.807, 2.05) is 67.6 Å². The molecule has 1 N–H and O–H groups in total. The number of rotatable bonds is 10. The van der Waals surface area contributed by atoms with Crippen LogP contribution in [0.15, 0.2) is 84.9 Å². The van der Waals surface area contributed by atoms with Gasteiger partial charge in [-0.3, -0.25) is 9.59 Å². The molecule has 3 rings (SSSR count). The average Bonchev–Trinajstić information content (AvgIpc) is 2.81. The highest BCUT2D eigenvalue weighted by atomic mass is 35.5. The first kappa shape index (κ1) is 23.4. The van der Waals surface area contributed by atoms with Crippen LogP contribution >= 0.6 is 11.6 Å². The minimum Gasteiger partial charge on any atom is -0.484 e. The number of halogens is 1. The van der Waals surface area contributed by atoms with Crippen molar-refractivity contribution in [1.29, 1.82) is 0 Å². The summed E-state index contributed by atoms with van der Waals surface area (Å²) in [7, 11) is 0. The fourth-order valence-corrected chi connectivity index (χ4v) is 3.59. The molecule has 0 aliphatic carbocycles. The molecule has 3 aromatic rings. The smallest absolute Gasteiger partial charge is 0.261 e. The molecule has 0 heterocycles. The van der Waals surface area contributed by atoms with Crippen LogP contribution in [0.3, 0.4) is 0 Å². The second-order valence-corrected chi connectivity index (χ2v) is 7.79. The minimum absolute atomic E-state index is 0.191. The van der Waals surface area contributed by atoms with Crippen LogP contribution < -0.4 is 10.1 Å². The van der Waals surface area contributed by atoms with Crippen molar-refractivity contribution in [2.24, 2.45) is 0 Å². The maximum atomic E-state index is 13.3. The highest BCUT2D eigenvalue weighted by Crippen LogP contribution is 2.19. The van der Waals surface area contributed by atoms with E-state index in [1.54, 1.807) is 29.2 Å². The molecule has 0 spiro atoms. The second kappa shape index (κ2) is 11.9. The lowest BCUT2D eigenvalue weighted by atomic mass is 10.0. The molecule has 0 radical (unpaired) electrons. The molecule has 1 unspecified atom stereocenters. The van der Waals surface area contributed by atoms with Gasteiger partial charge < -0.3 is 15.0 Å². The van der Waals surface area contributed by atoms with Crippen LogP contribution in [0.2, 0.25) is 5.02 Å². The molecule has 1 atom stereocenters. The first-order valence-corrected chi connectivity index (χ1v) is 11.0. The molecule has 0 fully saturated rings. The SMILES string of the molecule is CCNC(=O)C(Cc1ccccc1)N(Cc1ccccc1)C(=O)COc1cccc(Cl)c1. The molecular formula is C26H27ClN2O3. The van der Waals surface area contributed by atoms with Gasteiger partial charge in [0.25, 0.3) is 5.91 Å². The molecule has 166 valence electrons. The molecule has 32 heavy (non-hydrogen) atoms. The quantitative estimate of drug-likeness (QED) is 0.495. The molecule has 6 heteroatoms. The first-order chi connectivity index (χ1) is 15.6. The van der Waals surface area contributed by atoms with E-state index < -0.39 is 6.04 Å². The summed E-state index contributed by atoms with van der Waals surface area (Å²) in [6, 6.07) is 25.5. The van der Waals surface area contributed by atoms with E-state index >= 15 is 0 Å². The van der Waals surface area contributed by atoms with Crippen LogP contribution in [0.4, 0.5) is 0 Å². The van der Waals surface area contributed by atoms with Crippen molar-refractivity contribution in [3.8, 4) is 5.75 Å². The maximum absolute atomic E-state index is 13.3. The summed E-state index contributed by atoms with van der Waals surface area (Å²) in [5.41, 5.74) is 1.91. The lowest BCUT2D eigenvalue weighted by Gasteiger charge is -2.31. The van der Waals surface area contributed by atoms with Crippen LogP contribution in [0.1, 0.15) is 18.1 Å². The van der Waals surface area contributed by atoms with Gasteiger partial charge in [0.2, 0.25) is 5.91 Å². The summed E-state index contributed by atoms with van der Waals surface area (Å²) in [6.45, 7) is 2.45. The van der Waals surface area contributed by atoms with E-state index in [1.165, 1.54) is 0 Å². The van der Waals surface area contributed by atoms with Gasteiger partial charge in [0.1, 0.15) is 11.8 Å². The predicted molar refractivity (Wildman–Crippen MR) is 127 cm³/mol. The molecule has 0 bridgehead atoms. The Hall–Kier alpha value is -3.31. The average molecular weight is 451 g/mol. The van der Waals surface area contributed by atoms with Crippen molar-refractivity contribution in [2.45, 2.75) is 25.9 Å². The van der Waals surface area contributed by atoms with Crippen molar-refractivity contribution in [2.75, 3.05) is 13.2 Å². The number of carbonyl (C=O) groups is 2. The van der Waals surface area contributed by atoms with Crippen LogP contribution in [-0.2, 0) is 22.6 Å². The van der Waals surface area contributed by atoms with Crippen molar-refractivity contribution < 1.29 is 14.3 Å². The third-order valence-electron chi connectivity index (χ3n) is 4.98. The highest BCUT2D eigenvalue weighted by molar-refractivity contribution is 6.30. The number of hydrogen-bond acceptors (Lipinski definition) is 3. The van der Waals surface area contributed by atoms with Crippen LogP contribution in [-0.4, -0.2) is 35.9 Å². The number of likely N-dealkylation sites (N-methyl/N-ethyl adjacent to an activating group) is 1. The first-order valence-electron chi connectivity index (χ1n) is 10.6. The summed E-state index contributed by atoms with van der Waals surface area (Å²) in [5, 5.41) is 3.41. The Morgan fingerprint density at radius 1 is 0.938 bits per heavy atom. The molecule has 0 saturated heterocycles. The fourth-order valence-electron chi connectivity index (χ4n) is 3.41. The number of ether oxygens (including phenoxy) is 1. The van der Waals surface area contributed by atoms with Gasteiger partial charge in [-0.25, -0.2) is 0 Å². The minimum atomic E-state index is -0.673. The van der Waals surface area contributed by atoms with Crippen LogP contribution in [0.25, 0.3) is 0 Å². The lowest BCUT2D eigenvalue weighted by molar-refractivity contribution is -0.142. The molecule has 0 aliphatic rings. The van der Waals surface area contributed by atoms with E-state index in [0.29, 0.717) is 30.3 Å². The normalized spacial score (nSPS) is 11.4. The van der Waals surface area contributed by atoms with Gasteiger partial charge in [-0.15, -0.1) is 0 Å². The maximum Gasteiger partial charge on any atom is 0.261 e. The van der Waals surface area contributed by atoms with E-state index in [2.05, 4.69) is 5.32 Å². The fraction of sp³-hybridized carbons (Fsp3) is 0.231. The van der Waals surface area contributed by atoms with Gasteiger partial charge in [0.15, 0.2) is 6.61 Å². The number of nitrogens with zero attached hydrogens (tertiary/aromatic N) is 1. The van der Waals surface area contributed by atoms with E-state index in [4.69, 9.17) is 16.3 Å². The molecule has 5 nitrogen and oxygen atoms in total. The Labute approximate surface area is 194 Å². The van der Waals surface area contributed by atoms with Gasteiger partial charge >= 0.3 is 0 Å². The second-order valence-electron chi connectivity index (χ2n) is 7.35. The number of hydrogen-bond donors (Lipinski definition) is 1. The van der Waals surface area contributed by atoms with Gasteiger partial charge in [-0.1, -0.05) is 78.3 Å². The summed E-state index contributed by atoms with van der Waals surface area (Å²) in [4.78, 5) is 28.0. The zero-order valence-electron chi connectivity index (χ0n) is 18.0. The van der Waals surface area contributed by atoms with E-state index in [9.17, 15) is 9.59 Å². The summed E-state index contributed by atoms with van der Waals surface area (Å²) < 4.78 is 5.70.